The van der Waals surface area contributed by atoms with Crippen LogP contribution in [0, 0.1) is 0 Å². The molecule has 1 aromatic rings. The molecule has 0 unspecified atom stereocenters. The van der Waals surface area contributed by atoms with E-state index in [1.165, 1.54) is 4.90 Å². The quantitative estimate of drug-likeness (QED) is 0.715. The van der Waals surface area contributed by atoms with Gasteiger partial charge in [-0.2, -0.15) is 0 Å². The number of hydrogen-bond donors (Lipinski definition) is 3. The number of likely N-dealkylation sites (tertiary alicyclic amines) is 1. The zero-order valence-corrected chi connectivity index (χ0v) is 13.6. The Bertz CT molecular complexity index is 530. The first-order valence-corrected chi connectivity index (χ1v) is 8.15. The number of rotatable bonds is 6. The number of halogens is 2. The first kappa shape index (κ1) is 18.8. The van der Waals surface area contributed by atoms with Crippen molar-refractivity contribution < 1.29 is 23.8 Å². The summed E-state index contributed by atoms with van der Waals surface area (Å²) in [4.78, 5) is 13.0. The van der Waals surface area contributed by atoms with Gasteiger partial charge in [0.15, 0.2) is 0 Å². The number of carbonyl (C=O) groups excluding carboxylic acids is 1. The van der Waals surface area contributed by atoms with E-state index in [0.29, 0.717) is 13.0 Å². The summed E-state index contributed by atoms with van der Waals surface area (Å²) >= 11 is 0. The molecule has 0 aromatic heterocycles. The number of alkyl halides is 2. The van der Waals surface area contributed by atoms with Gasteiger partial charge in [-0.3, -0.25) is 9.69 Å². The highest BCUT2D eigenvalue weighted by atomic mass is 19.3. The van der Waals surface area contributed by atoms with Gasteiger partial charge in [0.05, 0.1) is 12.1 Å². The van der Waals surface area contributed by atoms with E-state index in [-0.39, 0.29) is 18.9 Å². The van der Waals surface area contributed by atoms with Crippen LogP contribution in [-0.4, -0.2) is 64.8 Å². The Hall–Kier alpha value is -1.57. The van der Waals surface area contributed by atoms with Crippen LogP contribution in [0.1, 0.15) is 18.9 Å². The smallest absolute Gasteiger partial charge is 0.256 e. The minimum Gasteiger partial charge on any atom is -0.388 e. The summed E-state index contributed by atoms with van der Waals surface area (Å²) in [6.45, 7) is 2.04. The number of carbonyl (C=O) groups is 1. The molecular formula is C17H24F2N2O3. The fourth-order valence-corrected chi connectivity index (χ4v) is 3.04. The second-order valence-corrected chi connectivity index (χ2v) is 6.06. The molecule has 1 heterocycles. The van der Waals surface area contributed by atoms with Crippen LogP contribution in [0.3, 0.4) is 0 Å². The number of nitrogens with one attached hydrogen (secondary N) is 1. The normalized spacial score (nSPS) is 28.1. The first-order valence-electron chi connectivity index (χ1n) is 8.15. The minimum atomic E-state index is -2.78. The van der Waals surface area contributed by atoms with Crippen LogP contribution in [0.4, 0.5) is 8.78 Å². The molecule has 0 spiro atoms. The number of hydrogen-bond acceptors (Lipinski definition) is 4. The monoisotopic (exact) mass is 342 g/mol. The average molecular weight is 342 g/mol. The average Bonchev–Trinajstić information content (AvgIpc) is 2.57. The molecule has 0 saturated carbocycles. The number of aliphatic hydroxyl groups excluding tert-OH is 2. The van der Waals surface area contributed by atoms with Gasteiger partial charge in [-0.15, -0.1) is 0 Å². The Morgan fingerprint density at radius 3 is 2.54 bits per heavy atom. The van der Waals surface area contributed by atoms with Crippen LogP contribution in [0.25, 0.3) is 0 Å². The molecule has 1 saturated heterocycles. The van der Waals surface area contributed by atoms with Crippen molar-refractivity contribution in [2.75, 3.05) is 13.1 Å². The maximum atomic E-state index is 13.4. The third-order valence-corrected chi connectivity index (χ3v) is 4.42. The lowest BCUT2D eigenvalue weighted by Crippen LogP contribution is -2.67. The maximum Gasteiger partial charge on any atom is 0.256 e. The third kappa shape index (κ3) is 4.49. The summed E-state index contributed by atoms with van der Waals surface area (Å²) in [6, 6.07) is 7.23. The molecule has 24 heavy (non-hydrogen) atoms. The molecule has 3 N–H and O–H groups in total. The van der Waals surface area contributed by atoms with Crippen LogP contribution < -0.4 is 5.32 Å². The third-order valence-electron chi connectivity index (χ3n) is 4.42. The fraction of sp³-hybridized carbons (Fsp3) is 0.588. The molecule has 0 aliphatic carbocycles. The zero-order valence-electron chi connectivity index (χ0n) is 13.6. The number of amides is 1. The molecule has 1 fully saturated rings. The summed E-state index contributed by atoms with van der Waals surface area (Å²) in [5.41, 5.74) is 1.00. The van der Waals surface area contributed by atoms with E-state index < -0.39 is 30.7 Å². The Kier molecular flexibility index (Phi) is 6.65. The highest BCUT2D eigenvalue weighted by Crippen LogP contribution is 2.24. The Morgan fingerprint density at radius 2 is 1.96 bits per heavy atom. The molecule has 4 atom stereocenters. The van der Waals surface area contributed by atoms with E-state index in [1.54, 1.807) is 6.92 Å². The summed E-state index contributed by atoms with van der Waals surface area (Å²) < 4.78 is 26.8. The topological polar surface area (TPSA) is 72.8 Å². The molecule has 2 rings (SSSR count). The molecule has 1 aliphatic rings. The molecule has 134 valence electrons. The largest absolute Gasteiger partial charge is 0.388 e. The lowest BCUT2D eigenvalue weighted by atomic mass is 9.91. The van der Waals surface area contributed by atoms with Crippen molar-refractivity contribution in [1.82, 2.24) is 10.2 Å². The molecule has 1 aliphatic heterocycles. The summed E-state index contributed by atoms with van der Waals surface area (Å²) in [5, 5.41) is 22.8. The molecule has 5 nitrogen and oxygen atoms in total. The standard InChI is InChI=1S/C17H24F2N2O3/c1-2-13(22)20-12-10-21(9-8-11-6-4-3-5-7-11)14(17(18)19)16(24)15(12)23/h3-7,12,14-17,23-24H,2,8-10H2,1H3,(H,20,22)/t12-,14-,15+,16+/m0/s1. The van der Waals surface area contributed by atoms with Crippen LogP contribution in [-0.2, 0) is 11.2 Å². The second kappa shape index (κ2) is 8.50. The van der Waals surface area contributed by atoms with Gasteiger partial charge in [-0.25, -0.2) is 8.78 Å². The fourth-order valence-electron chi connectivity index (χ4n) is 3.04. The Morgan fingerprint density at radius 1 is 1.29 bits per heavy atom. The minimum absolute atomic E-state index is 0.0752. The van der Waals surface area contributed by atoms with Crippen LogP contribution in [0.15, 0.2) is 30.3 Å². The van der Waals surface area contributed by atoms with Crippen molar-refractivity contribution in [3.05, 3.63) is 35.9 Å². The number of piperidine rings is 1. The van der Waals surface area contributed by atoms with Gasteiger partial charge >= 0.3 is 0 Å². The van der Waals surface area contributed by atoms with Crippen molar-refractivity contribution in [2.45, 2.75) is 50.5 Å². The van der Waals surface area contributed by atoms with Crippen molar-refractivity contribution >= 4 is 5.91 Å². The van der Waals surface area contributed by atoms with Gasteiger partial charge in [0.25, 0.3) is 6.43 Å². The molecule has 1 amide bonds. The summed E-state index contributed by atoms with van der Waals surface area (Å²) in [7, 11) is 0. The predicted octanol–water partition coefficient (Wildman–Crippen LogP) is 0.795. The van der Waals surface area contributed by atoms with Crippen LogP contribution in [0.2, 0.25) is 0 Å². The molecule has 0 radical (unpaired) electrons. The van der Waals surface area contributed by atoms with Crippen molar-refractivity contribution in [3.8, 4) is 0 Å². The van der Waals surface area contributed by atoms with Gasteiger partial charge in [0.2, 0.25) is 5.91 Å². The van der Waals surface area contributed by atoms with Gasteiger partial charge in [-0.1, -0.05) is 37.3 Å². The van der Waals surface area contributed by atoms with E-state index in [1.807, 2.05) is 30.3 Å². The van der Waals surface area contributed by atoms with E-state index in [0.717, 1.165) is 5.56 Å². The number of nitrogens with zero attached hydrogens (tertiary/aromatic N) is 1. The van der Waals surface area contributed by atoms with Crippen molar-refractivity contribution in [1.29, 1.82) is 0 Å². The maximum absolute atomic E-state index is 13.4. The second-order valence-electron chi connectivity index (χ2n) is 6.06. The van der Waals surface area contributed by atoms with Gasteiger partial charge < -0.3 is 15.5 Å². The van der Waals surface area contributed by atoms with Gasteiger partial charge in [-0.05, 0) is 12.0 Å². The predicted molar refractivity (Wildman–Crippen MR) is 85.7 cm³/mol. The van der Waals surface area contributed by atoms with Crippen LogP contribution >= 0.6 is 0 Å². The zero-order chi connectivity index (χ0) is 17.7. The first-order chi connectivity index (χ1) is 11.4. The highest BCUT2D eigenvalue weighted by molar-refractivity contribution is 5.76. The highest BCUT2D eigenvalue weighted by Gasteiger charge is 2.46. The van der Waals surface area contributed by atoms with Crippen molar-refractivity contribution in [2.24, 2.45) is 0 Å². The lowest BCUT2D eigenvalue weighted by molar-refractivity contribution is -0.141. The molecular weight excluding hydrogens is 318 g/mol. The van der Waals surface area contributed by atoms with Crippen molar-refractivity contribution in [3.63, 3.8) is 0 Å². The SMILES string of the molecule is CCC(=O)N[C@H]1CN(CCc2ccccc2)[C@H](C(F)F)[C@@H](O)[C@@H]1O. The molecule has 0 bridgehead atoms. The van der Waals surface area contributed by atoms with Gasteiger partial charge in [0.1, 0.15) is 12.2 Å². The van der Waals surface area contributed by atoms with Gasteiger partial charge in [0, 0.05) is 19.5 Å². The number of aliphatic hydroxyl groups is 2. The summed E-state index contributed by atoms with van der Waals surface area (Å²) in [5.74, 6) is -0.287. The van der Waals surface area contributed by atoms with E-state index in [2.05, 4.69) is 5.32 Å². The Balaban J connectivity index is 2.09. The Labute approximate surface area is 140 Å². The molecule has 7 heteroatoms. The van der Waals surface area contributed by atoms with E-state index in [4.69, 9.17) is 0 Å². The lowest BCUT2D eigenvalue weighted by Gasteiger charge is -2.45. The molecule has 1 aromatic carbocycles. The van der Waals surface area contributed by atoms with E-state index >= 15 is 0 Å². The number of benzene rings is 1. The van der Waals surface area contributed by atoms with Crippen LogP contribution in [0.5, 0.6) is 0 Å². The summed E-state index contributed by atoms with van der Waals surface area (Å²) in [6.07, 6.45) is -5.04. The van der Waals surface area contributed by atoms with E-state index in [9.17, 15) is 23.8 Å².